The van der Waals surface area contributed by atoms with Crippen molar-refractivity contribution in [3.8, 4) is 0 Å². The highest BCUT2D eigenvalue weighted by atomic mass is 35.5. The first-order chi connectivity index (χ1) is 10.5. The molecule has 5 nitrogen and oxygen atoms in total. The van der Waals surface area contributed by atoms with Crippen LogP contribution in [0, 0.1) is 0 Å². The van der Waals surface area contributed by atoms with Crippen molar-refractivity contribution in [2.75, 3.05) is 13.1 Å². The van der Waals surface area contributed by atoms with Gasteiger partial charge in [-0.15, -0.1) is 11.3 Å². The van der Waals surface area contributed by atoms with E-state index >= 15 is 0 Å². The van der Waals surface area contributed by atoms with Gasteiger partial charge in [-0.2, -0.15) is 0 Å². The molecular formula is C14H15Cl2N3O2S. The quantitative estimate of drug-likeness (QED) is 0.738. The number of nitrogens with one attached hydrogen (secondary N) is 1. The molecule has 2 aromatic rings. The average Bonchev–Trinajstić information content (AvgIpc) is 2.92. The van der Waals surface area contributed by atoms with Gasteiger partial charge in [0.05, 0.1) is 11.1 Å². The molecule has 0 aliphatic carbocycles. The summed E-state index contributed by atoms with van der Waals surface area (Å²) in [5.74, 6) is -0.341. The van der Waals surface area contributed by atoms with Gasteiger partial charge in [0.25, 0.3) is 5.91 Å². The van der Waals surface area contributed by atoms with Gasteiger partial charge in [-0.05, 0) is 30.3 Å². The lowest BCUT2D eigenvalue weighted by Crippen LogP contribution is -2.28. The van der Waals surface area contributed by atoms with Crippen molar-refractivity contribution >= 4 is 40.4 Å². The Morgan fingerprint density at radius 2 is 2.05 bits per heavy atom. The van der Waals surface area contributed by atoms with Gasteiger partial charge in [0.2, 0.25) is 0 Å². The molecule has 4 N–H and O–H groups in total. The molecule has 1 aromatic carbocycles. The van der Waals surface area contributed by atoms with E-state index in [2.05, 4.69) is 10.3 Å². The van der Waals surface area contributed by atoms with Crippen LogP contribution in [0.3, 0.4) is 0 Å². The van der Waals surface area contributed by atoms with Crippen LogP contribution in [0.5, 0.6) is 0 Å². The van der Waals surface area contributed by atoms with E-state index in [4.69, 9.17) is 28.9 Å². The number of halogens is 2. The Hall–Kier alpha value is -1.18. The van der Waals surface area contributed by atoms with Crippen LogP contribution in [0.2, 0.25) is 10.0 Å². The molecule has 0 fully saturated rings. The number of rotatable bonds is 6. The van der Waals surface area contributed by atoms with Crippen molar-refractivity contribution < 1.29 is 9.90 Å². The third-order valence-corrected chi connectivity index (χ3v) is 4.21. The molecule has 1 aromatic heterocycles. The first-order valence-corrected chi connectivity index (χ1v) is 8.20. The number of hydrogen-bond donors (Lipinski definition) is 3. The molecule has 118 valence electrons. The van der Waals surface area contributed by atoms with Crippen LogP contribution in [0.1, 0.15) is 27.2 Å². The number of aromatic nitrogens is 1. The summed E-state index contributed by atoms with van der Waals surface area (Å²) in [5, 5.41) is 16.1. The molecule has 1 unspecified atom stereocenters. The Kier molecular flexibility index (Phi) is 6.16. The number of amides is 1. The van der Waals surface area contributed by atoms with Crippen molar-refractivity contribution in [3.63, 3.8) is 0 Å². The van der Waals surface area contributed by atoms with E-state index < -0.39 is 6.10 Å². The maximum atomic E-state index is 12.0. The predicted molar refractivity (Wildman–Crippen MR) is 88.6 cm³/mol. The number of thiazole rings is 1. The molecule has 0 saturated carbocycles. The fourth-order valence-corrected chi connectivity index (χ4v) is 3.16. The van der Waals surface area contributed by atoms with Gasteiger partial charge in [-0.3, -0.25) is 4.79 Å². The second kappa shape index (κ2) is 7.89. The first kappa shape index (κ1) is 17.2. The largest absolute Gasteiger partial charge is 0.387 e. The predicted octanol–water partition coefficient (Wildman–Crippen LogP) is 2.41. The van der Waals surface area contributed by atoms with E-state index in [1.54, 1.807) is 23.6 Å². The zero-order valence-corrected chi connectivity index (χ0v) is 13.9. The number of carbonyl (C=O) groups is 1. The van der Waals surface area contributed by atoms with E-state index in [1.165, 1.54) is 11.3 Å². The van der Waals surface area contributed by atoms with Crippen LogP contribution in [0.15, 0.2) is 23.6 Å². The van der Waals surface area contributed by atoms with E-state index in [1.807, 2.05) is 0 Å². The van der Waals surface area contributed by atoms with Gasteiger partial charge in [0.15, 0.2) is 0 Å². The minimum Gasteiger partial charge on any atom is -0.387 e. The molecule has 22 heavy (non-hydrogen) atoms. The Morgan fingerprint density at radius 1 is 1.36 bits per heavy atom. The zero-order chi connectivity index (χ0) is 16.1. The summed E-state index contributed by atoms with van der Waals surface area (Å²) in [5.41, 5.74) is 6.31. The SMILES string of the molecule is NCCc1nc(C(=O)NCC(O)c2cc(Cl)cc(Cl)c2)cs1. The Labute approximate surface area is 142 Å². The van der Waals surface area contributed by atoms with Crippen LogP contribution >= 0.6 is 34.5 Å². The van der Waals surface area contributed by atoms with Gasteiger partial charge in [-0.25, -0.2) is 4.98 Å². The molecule has 0 radical (unpaired) electrons. The minimum absolute atomic E-state index is 0.0409. The van der Waals surface area contributed by atoms with Crippen molar-refractivity contribution in [1.82, 2.24) is 10.3 Å². The number of carbonyl (C=O) groups excluding carboxylic acids is 1. The number of nitrogens with two attached hydrogens (primary N) is 1. The fraction of sp³-hybridized carbons (Fsp3) is 0.286. The van der Waals surface area contributed by atoms with Crippen LogP contribution in [-0.2, 0) is 6.42 Å². The van der Waals surface area contributed by atoms with E-state index in [0.717, 1.165) is 5.01 Å². The summed E-state index contributed by atoms with van der Waals surface area (Å²) < 4.78 is 0. The van der Waals surface area contributed by atoms with Gasteiger partial charge in [0, 0.05) is 28.4 Å². The lowest BCUT2D eigenvalue weighted by molar-refractivity contribution is 0.0912. The van der Waals surface area contributed by atoms with Crippen molar-refractivity contribution in [1.29, 1.82) is 0 Å². The highest BCUT2D eigenvalue weighted by molar-refractivity contribution is 7.09. The molecule has 1 heterocycles. The van der Waals surface area contributed by atoms with Crippen LogP contribution in [0.4, 0.5) is 0 Å². The monoisotopic (exact) mass is 359 g/mol. The molecule has 0 saturated heterocycles. The second-order valence-electron chi connectivity index (χ2n) is 4.59. The van der Waals surface area contributed by atoms with E-state index in [9.17, 15) is 9.90 Å². The molecule has 0 aliphatic heterocycles. The standard InChI is InChI=1S/C14H15Cl2N3O2S/c15-9-3-8(4-10(16)5-9)12(20)6-18-14(21)11-7-22-13(19-11)1-2-17/h3-5,7,12,20H,1-2,6,17H2,(H,18,21). The molecule has 0 aliphatic rings. The number of aliphatic hydroxyl groups excluding tert-OH is 1. The Bertz CT molecular complexity index is 643. The summed E-state index contributed by atoms with van der Waals surface area (Å²) >= 11 is 13.2. The zero-order valence-electron chi connectivity index (χ0n) is 11.6. The van der Waals surface area contributed by atoms with Crippen molar-refractivity contribution in [3.05, 3.63) is 49.9 Å². The molecule has 0 spiro atoms. The fourth-order valence-electron chi connectivity index (χ4n) is 1.82. The van der Waals surface area contributed by atoms with Gasteiger partial charge in [-0.1, -0.05) is 23.2 Å². The highest BCUT2D eigenvalue weighted by Crippen LogP contribution is 2.23. The topological polar surface area (TPSA) is 88.2 Å². The summed E-state index contributed by atoms with van der Waals surface area (Å²) in [6.07, 6.45) is -0.260. The maximum Gasteiger partial charge on any atom is 0.270 e. The second-order valence-corrected chi connectivity index (χ2v) is 6.41. The third-order valence-electron chi connectivity index (χ3n) is 2.87. The van der Waals surface area contributed by atoms with Crippen LogP contribution in [0.25, 0.3) is 0 Å². The van der Waals surface area contributed by atoms with E-state index in [-0.39, 0.29) is 12.5 Å². The van der Waals surface area contributed by atoms with Crippen molar-refractivity contribution in [2.24, 2.45) is 5.73 Å². The van der Waals surface area contributed by atoms with E-state index in [0.29, 0.717) is 34.3 Å². The van der Waals surface area contributed by atoms with Gasteiger partial charge >= 0.3 is 0 Å². The summed E-state index contributed by atoms with van der Waals surface area (Å²) in [6, 6.07) is 4.78. The minimum atomic E-state index is -0.901. The number of aliphatic hydroxyl groups is 1. The van der Waals surface area contributed by atoms with Crippen LogP contribution in [-0.4, -0.2) is 29.1 Å². The smallest absolute Gasteiger partial charge is 0.270 e. The third kappa shape index (κ3) is 4.66. The number of nitrogens with zero attached hydrogens (tertiary/aromatic N) is 1. The lowest BCUT2D eigenvalue weighted by Gasteiger charge is -2.12. The molecule has 2 rings (SSSR count). The van der Waals surface area contributed by atoms with Gasteiger partial charge in [0.1, 0.15) is 5.69 Å². The summed E-state index contributed by atoms with van der Waals surface area (Å²) in [6.45, 7) is 0.530. The normalized spacial score (nSPS) is 12.2. The average molecular weight is 360 g/mol. The Balaban J connectivity index is 1.94. The molecule has 8 heteroatoms. The number of benzene rings is 1. The highest BCUT2D eigenvalue weighted by Gasteiger charge is 2.14. The van der Waals surface area contributed by atoms with Crippen molar-refractivity contribution in [2.45, 2.75) is 12.5 Å². The molecule has 1 atom stereocenters. The van der Waals surface area contributed by atoms with Gasteiger partial charge < -0.3 is 16.2 Å². The molecule has 1 amide bonds. The summed E-state index contributed by atoms with van der Waals surface area (Å²) in [7, 11) is 0. The van der Waals surface area contributed by atoms with Crippen LogP contribution < -0.4 is 11.1 Å². The molecule has 0 bridgehead atoms. The maximum absolute atomic E-state index is 12.0. The summed E-state index contributed by atoms with van der Waals surface area (Å²) in [4.78, 5) is 16.2. The lowest BCUT2D eigenvalue weighted by atomic mass is 10.1. The first-order valence-electron chi connectivity index (χ1n) is 6.56. The molecular weight excluding hydrogens is 345 g/mol. The Morgan fingerprint density at radius 3 is 2.68 bits per heavy atom. The number of hydrogen-bond acceptors (Lipinski definition) is 5.